The smallest absolute Gasteiger partial charge is 0.413 e. The topological polar surface area (TPSA) is 81.4 Å². The number of thiol groups is 1. The fourth-order valence-electron chi connectivity index (χ4n) is 4.77. The van der Waals surface area contributed by atoms with Crippen LogP contribution in [0.5, 0.6) is 0 Å². The number of nitrogens with zero attached hydrogens (tertiary/aromatic N) is 2. The van der Waals surface area contributed by atoms with E-state index >= 15 is 0 Å². The molecular formula is C31H35N3O5S2. The van der Waals surface area contributed by atoms with Crippen LogP contribution < -0.4 is 5.32 Å². The van der Waals surface area contributed by atoms with Crippen LogP contribution in [0.1, 0.15) is 23.1 Å². The second-order valence-corrected chi connectivity index (χ2v) is 10.2. The summed E-state index contributed by atoms with van der Waals surface area (Å²) in [6.45, 7) is 1.81. The standard InChI is InChI=1S/C31H35N3O5S2/c35-22-33-31(39-23-40)32-21-34(41)28-16-27(20-36-17-24-10-4-1-5-11-24)29(37-18-25-12-6-2-7-13-25)30(28)38-19-26-14-8-3-9-15-26/h1-15,21-22,27-30,40H,16-20,23H2,(H,32,33,35). The van der Waals surface area contributed by atoms with Gasteiger partial charge in [0.25, 0.3) is 6.34 Å². The highest BCUT2D eigenvalue weighted by molar-refractivity contribution is 7.80. The SMILES string of the molecule is O=CNC(=NC=[N+]([S-])C1CC(COCc2ccccc2)C(OCc2ccccc2)C1OCc1ccccc1)OCS. The third kappa shape index (κ3) is 9.65. The van der Waals surface area contributed by atoms with Crippen molar-refractivity contribution in [2.24, 2.45) is 10.9 Å². The van der Waals surface area contributed by atoms with Gasteiger partial charge in [0.2, 0.25) is 6.41 Å². The minimum atomic E-state index is -0.374. The molecule has 4 atom stereocenters. The first kappa shape index (κ1) is 30.7. The lowest BCUT2D eigenvalue weighted by molar-refractivity contribution is -0.413. The van der Waals surface area contributed by atoms with E-state index in [9.17, 15) is 4.79 Å². The fraction of sp³-hybridized carbons (Fsp3) is 0.323. The minimum absolute atomic E-state index is 0.00391. The molecule has 0 heterocycles. The van der Waals surface area contributed by atoms with Crippen molar-refractivity contribution in [3.63, 3.8) is 0 Å². The molecule has 3 aromatic rings. The van der Waals surface area contributed by atoms with Crippen LogP contribution in [-0.2, 0) is 56.4 Å². The van der Waals surface area contributed by atoms with Gasteiger partial charge in [-0.05, 0) is 23.1 Å². The molecule has 3 aromatic carbocycles. The lowest BCUT2D eigenvalue weighted by Gasteiger charge is -2.29. The Morgan fingerprint density at radius 1 is 0.878 bits per heavy atom. The van der Waals surface area contributed by atoms with E-state index in [2.05, 4.69) is 22.9 Å². The number of benzene rings is 3. The molecule has 8 nitrogen and oxygen atoms in total. The number of hydrogen-bond donors (Lipinski definition) is 2. The summed E-state index contributed by atoms with van der Waals surface area (Å²) in [6, 6.07) is 29.9. The quantitative estimate of drug-likeness (QED) is 0.0553. The largest absolute Gasteiger partial charge is 0.561 e. The van der Waals surface area contributed by atoms with E-state index in [-0.39, 0.29) is 36.1 Å². The molecule has 4 rings (SSSR count). The van der Waals surface area contributed by atoms with Crippen molar-refractivity contribution in [2.75, 3.05) is 12.5 Å². The van der Waals surface area contributed by atoms with Gasteiger partial charge >= 0.3 is 6.02 Å². The van der Waals surface area contributed by atoms with Gasteiger partial charge in [-0.25, -0.2) is 0 Å². The Kier molecular flexibility index (Phi) is 12.6. The molecule has 10 heteroatoms. The van der Waals surface area contributed by atoms with Gasteiger partial charge in [-0.1, -0.05) is 91.0 Å². The number of nitrogens with one attached hydrogen (secondary N) is 1. The Bertz CT molecular complexity index is 1250. The summed E-state index contributed by atoms with van der Waals surface area (Å²) in [5, 5.41) is 2.41. The second-order valence-electron chi connectivity index (χ2n) is 9.53. The number of carbonyl (C=O) groups is 1. The van der Waals surface area contributed by atoms with Crippen LogP contribution in [0.15, 0.2) is 96.0 Å². The summed E-state index contributed by atoms with van der Waals surface area (Å²) in [5.74, 6) is 0.0604. The van der Waals surface area contributed by atoms with E-state index in [1.54, 1.807) is 3.98 Å². The molecule has 0 aliphatic heterocycles. The predicted molar refractivity (Wildman–Crippen MR) is 163 cm³/mol. The monoisotopic (exact) mass is 593 g/mol. The zero-order valence-corrected chi connectivity index (χ0v) is 24.4. The van der Waals surface area contributed by atoms with E-state index in [4.69, 9.17) is 31.8 Å². The molecule has 0 aromatic heterocycles. The Morgan fingerprint density at radius 3 is 1.95 bits per heavy atom. The number of amides is 1. The maximum absolute atomic E-state index is 10.9. The molecule has 0 radical (unpaired) electrons. The Morgan fingerprint density at radius 2 is 1.41 bits per heavy atom. The third-order valence-electron chi connectivity index (χ3n) is 6.73. The zero-order chi connectivity index (χ0) is 28.7. The minimum Gasteiger partial charge on any atom is -0.561 e. The van der Waals surface area contributed by atoms with Gasteiger partial charge in [0.15, 0.2) is 0 Å². The highest BCUT2D eigenvalue weighted by Crippen LogP contribution is 2.35. The molecule has 1 amide bonds. The van der Waals surface area contributed by atoms with E-state index in [1.807, 2.05) is 91.0 Å². The normalized spacial score (nSPS) is 21.0. The first-order valence-electron chi connectivity index (χ1n) is 13.4. The molecule has 4 unspecified atom stereocenters. The highest BCUT2D eigenvalue weighted by Gasteiger charge is 2.47. The van der Waals surface area contributed by atoms with Crippen molar-refractivity contribution in [3.8, 4) is 0 Å². The molecule has 41 heavy (non-hydrogen) atoms. The summed E-state index contributed by atoms with van der Waals surface area (Å²) in [7, 11) is 0. The summed E-state index contributed by atoms with van der Waals surface area (Å²) in [4.78, 5) is 15.2. The maximum atomic E-state index is 10.9. The van der Waals surface area contributed by atoms with E-state index in [0.717, 1.165) is 16.7 Å². The van der Waals surface area contributed by atoms with E-state index in [0.29, 0.717) is 39.3 Å². The van der Waals surface area contributed by atoms with Crippen LogP contribution in [0.2, 0.25) is 0 Å². The van der Waals surface area contributed by atoms with Gasteiger partial charge in [-0.15, -0.1) is 12.6 Å². The van der Waals surface area contributed by atoms with Gasteiger partial charge in [-0.3, -0.25) is 10.1 Å². The number of amidine groups is 1. The fourth-order valence-corrected chi connectivity index (χ4v) is 5.15. The van der Waals surface area contributed by atoms with E-state index < -0.39 is 0 Å². The number of rotatable bonds is 14. The molecule has 1 saturated carbocycles. The number of aliphatic imine (C=N–C) groups is 1. The van der Waals surface area contributed by atoms with Gasteiger partial charge in [0, 0.05) is 10.9 Å². The number of ether oxygens (including phenoxy) is 4. The second kappa shape index (κ2) is 16.9. The molecular weight excluding hydrogens is 558 g/mol. The van der Waals surface area contributed by atoms with Crippen molar-refractivity contribution in [1.29, 1.82) is 0 Å². The predicted octanol–water partition coefficient (Wildman–Crippen LogP) is 4.27. The third-order valence-corrected chi connectivity index (χ3v) is 7.22. The number of carbonyl (C=O) groups excluding carboxylic acids is 1. The summed E-state index contributed by atoms with van der Waals surface area (Å²) >= 11 is 9.80. The molecule has 216 valence electrons. The first-order valence-corrected chi connectivity index (χ1v) is 14.4. The van der Waals surface area contributed by atoms with Crippen LogP contribution in [0.3, 0.4) is 0 Å². The highest BCUT2D eigenvalue weighted by atomic mass is 32.1. The van der Waals surface area contributed by atoms with Crippen molar-refractivity contribution in [1.82, 2.24) is 5.32 Å². The molecule has 1 N–H and O–H groups in total. The van der Waals surface area contributed by atoms with Crippen LogP contribution in [-0.4, -0.2) is 53.5 Å². The molecule has 1 fully saturated rings. The maximum Gasteiger partial charge on any atom is 0.413 e. The molecule has 1 aliphatic carbocycles. The molecule has 1 aliphatic rings. The molecule has 0 bridgehead atoms. The van der Waals surface area contributed by atoms with Crippen LogP contribution in [0.4, 0.5) is 0 Å². The number of hydrogen-bond acceptors (Lipinski definition) is 7. The van der Waals surface area contributed by atoms with Gasteiger partial charge in [0.1, 0.15) is 18.1 Å². The zero-order valence-electron chi connectivity index (χ0n) is 22.7. The lowest BCUT2D eigenvalue weighted by Crippen LogP contribution is -2.40. The summed E-state index contributed by atoms with van der Waals surface area (Å²) < 4.78 is 26.1. The molecule has 0 saturated heterocycles. The van der Waals surface area contributed by atoms with Crippen molar-refractivity contribution >= 4 is 44.2 Å². The van der Waals surface area contributed by atoms with Crippen molar-refractivity contribution in [3.05, 3.63) is 108 Å². The summed E-state index contributed by atoms with van der Waals surface area (Å²) in [5.41, 5.74) is 3.23. The lowest BCUT2D eigenvalue weighted by atomic mass is 10.1. The molecule has 0 spiro atoms. The first-order chi connectivity index (χ1) is 20.2. The average molecular weight is 594 g/mol. The van der Waals surface area contributed by atoms with Crippen molar-refractivity contribution < 1.29 is 27.7 Å². The summed E-state index contributed by atoms with van der Waals surface area (Å²) in [6.07, 6.45) is 1.94. The van der Waals surface area contributed by atoms with Gasteiger partial charge < -0.3 is 35.7 Å². The van der Waals surface area contributed by atoms with Gasteiger partial charge in [-0.2, -0.15) is 0 Å². The van der Waals surface area contributed by atoms with E-state index in [1.165, 1.54) is 6.34 Å². The van der Waals surface area contributed by atoms with Crippen LogP contribution >= 0.6 is 12.6 Å². The van der Waals surface area contributed by atoms with Crippen molar-refractivity contribution in [2.45, 2.75) is 44.5 Å². The van der Waals surface area contributed by atoms with Gasteiger partial charge in [0.05, 0.1) is 32.5 Å². The van der Waals surface area contributed by atoms with Crippen LogP contribution in [0, 0.1) is 5.92 Å². The Hall–Kier alpha value is -3.28. The Labute approximate surface area is 252 Å². The van der Waals surface area contributed by atoms with Crippen LogP contribution in [0.25, 0.3) is 0 Å². The average Bonchev–Trinajstić information content (AvgIpc) is 3.36. The Balaban J connectivity index is 1.57.